The molecule has 2 aromatic rings. The average Bonchev–Trinajstić information content (AvgIpc) is 2.42. The van der Waals surface area contributed by atoms with Gasteiger partial charge in [-0.3, -0.25) is 4.72 Å². The first kappa shape index (κ1) is 15.8. The maximum absolute atomic E-state index is 12.9. The first-order valence-corrected chi connectivity index (χ1v) is 8.07. The molecule has 2 N–H and O–H groups in total. The highest BCUT2D eigenvalue weighted by Crippen LogP contribution is 2.24. The van der Waals surface area contributed by atoms with Crippen molar-refractivity contribution in [1.29, 1.82) is 0 Å². The van der Waals surface area contributed by atoms with Crippen LogP contribution in [0.2, 0.25) is 5.02 Å². The zero-order chi connectivity index (χ0) is 15.5. The number of sulfonamides is 1. The number of anilines is 1. The third kappa shape index (κ3) is 4.42. The van der Waals surface area contributed by atoms with E-state index in [2.05, 4.69) is 4.72 Å². The van der Waals surface area contributed by atoms with E-state index < -0.39 is 15.8 Å². The van der Waals surface area contributed by atoms with Crippen molar-refractivity contribution < 1.29 is 17.9 Å². The van der Waals surface area contributed by atoms with Gasteiger partial charge in [0.2, 0.25) is 10.0 Å². The van der Waals surface area contributed by atoms with Crippen LogP contribution < -0.4 is 4.72 Å². The molecular weight excluding hydrogens is 317 g/mol. The van der Waals surface area contributed by atoms with Gasteiger partial charge in [0.15, 0.2) is 0 Å². The molecule has 2 aromatic carbocycles. The Bertz CT molecular complexity index is 732. The van der Waals surface area contributed by atoms with Crippen LogP contribution in [-0.2, 0) is 22.4 Å². The molecule has 0 amide bonds. The van der Waals surface area contributed by atoms with Crippen molar-refractivity contribution in [3.05, 3.63) is 64.4 Å². The normalized spacial score (nSPS) is 11.4. The predicted octanol–water partition coefficient (Wildman–Crippen LogP) is 2.91. The van der Waals surface area contributed by atoms with Gasteiger partial charge in [-0.2, -0.15) is 0 Å². The highest BCUT2D eigenvalue weighted by molar-refractivity contribution is 7.91. The molecule has 7 heteroatoms. The molecule has 0 heterocycles. The summed E-state index contributed by atoms with van der Waals surface area (Å²) in [4.78, 5) is 0. The van der Waals surface area contributed by atoms with Crippen molar-refractivity contribution in [3.63, 3.8) is 0 Å². The SMILES string of the molecule is O=S(=O)(Cc1ccc(CO)cc1)Nc1ccc(F)cc1Cl. The molecule has 0 aliphatic carbocycles. The van der Waals surface area contributed by atoms with Crippen molar-refractivity contribution in [2.24, 2.45) is 0 Å². The summed E-state index contributed by atoms with van der Waals surface area (Å²) < 4.78 is 39.3. The Hall–Kier alpha value is -1.63. The number of rotatable bonds is 5. The molecule has 0 saturated heterocycles. The van der Waals surface area contributed by atoms with E-state index in [4.69, 9.17) is 16.7 Å². The van der Waals surface area contributed by atoms with Crippen LogP contribution in [0.3, 0.4) is 0 Å². The summed E-state index contributed by atoms with van der Waals surface area (Å²) in [6, 6.07) is 9.97. The van der Waals surface area contributed by atoms with Crippen LogP contribution in [0.1, 0.15) is 11.1 Å². The van der Waals surface area contributed by atoms with Gasteiger partial charge in [0, 0.05) is 0 Å². The lowest BCUT2D eigenvalue weighted by Crippen LogP contribution is -2.15. The maximum atomic E-state index is 12.9. The second kappa shape index (κ2) is 6.43. The fourth-order valence-corrected chi connectivity index (χ4v) is 3.22. The summed E-state index contributed by atoms with van der Waals surface area (Å²) in [5.74, 6) is -0.783. The number of aliphatic hydroxyl groups excluding tert-OH is 1. The van der Waals surface area contributed by atoms with E-state index in [9.17, 15) is 12.8 Å². The molecule has 0 fully saturated rings. The maximum Gasteiger partial charge on any atom is 0.236 e. The lowest BCUT2D eigenvalue weighted by atomic mass is 10.2. The van der Waals surface area contributed by atoms with Crippen LogP contribution in [0.25, 0.3) is 0 Å². The van der Waals surface area contributed by atoms with Crippen molar-refractivity contribution in [3.8, 4) is 0 Å². The minimum Gasteiger partial charge on any atom is -0.392 e. The third-order valence-electron chi connectivity index (χ3n) is 2.76. The summed E-state index contributed by atoms with van der Waals surface area (Å²) >= 11 is 5.78. The number of hydrogen-bond acceptors (Lipinski definition) is 3. The summed E-state index contributed by atoms with van der Waals surface area (Å²) in [7, 11) is -3.66. The van der Waals surface area contributed by atoms with E-state index in [1.165, 1.54) is 6.07 Å². The summed E-state index contributed by atoms with van der Waals surface area (Å²) in [6.45, 7) is -0.101. The number of benzene rings is 2. The van der Waals surface area contributed by atoms with Crippen LogP contribution >= 0.6 is 11.6 Å². The van der Waals surface area contributed by atoms with Crippen LogP contribution in [0.4, 0.5) is 10.1 Å². The Morgan fingerprint density at radius 2 is 1.71 bits per heavy atom. The van der Waals surface area contributed by atoms with Crippen molar-refractivity contribution in [1.82, 2.24) is 0 Å². The molecule has 0 unspecified atom stereocenters. The molecule has 2 rings (SSSR count). The summed E-state index contributed by atoms with van der Waals surface area (Å²) in [6.07, 6.45) is 0. The van der Waals surface area contributed by atoms with E-state index in [1.54, 1.807) is 24.3 Å². The lowest BCUT2D eigenvalue weighted by molar-refractivity contribution is 0.282. The predicted molar refractivity (Wildman–Crippen MR) is 80.0 cm³/mol. The molecule has 0 saturated carbocycles. The first-order chi connectivity index (χ1) is 9.89. The van der Waals surface area contributed by atoms with Crippen LogP contribution in [0.5, 0.6) is 0 Å². The molecule has 0 radical (unpaired) electrons. The Morgan fingerprint density at radius 1 is 1.10 bits per heavy atom. The van der Waals surface area contributed by atoms with Gasteiger partial charge in [0.25, 0.3) is 0 Å². The van der Waals surface area contributed by atoms with Gasteiger partial charge in [-0.05, 0) is 29.3 Å². The van der Waals surface area contributed by atoms with E-state index in [-0.39, 0.29) is 23.1 Å². The lowest BCUT2D eigenvalue weighted by Gasteiger charge is -2.10. The largest absolute Gasteiger partial charge is 0.392 e. The van der Waals surface area contributed by atoms with Gasteiger partial charge in [-0.25, -0.2) is 12.8 Å². The molecule has 0 aliphatic heterocycles. The van der Waals surface area contributed by atoms with Crippen LogP contribution in [0, 0.1) is 5.82 Å². The molecular formula is C14H13ClFNO3S. The minimum absolute atomic E-state index is 0.00537. The van der Waals surface area contributed by atoms with Crippen molar-refractivity contribution >= 4 is 27.3 Å². The molecule has 0 atom stereocenters. The van der Waals surface area contributed by atoms with Gasteiger partial charge in [0.05, 0.1) is 23.1 Å². The van der Waals surface area contributed by atoms with Crippen LogP contribution in [-0.4, -0.2) is 13.5 Å². The zero-order valence-electron chi connectivity index (χ0n) is 10.9. The minimum atomic E-state index is -3.66. The highest BCUT2D eigenvalue weighted by atomic mass is 35.5. The van der Waals surface area contributed by atoms with E-state index in [1.807, 2.05) is 0 Å². The fraction of sp³-hybridized carbons (Fsp3) is 0.143. The van der Waals surface area contributed by atoms with E-state index in [0.717, 1.165) is 12.1 Å². The number of hydrogen-bond donors (Lipinski definition) is 2. The molecule has 0 aliphatic rings. The average molecular weight is 330 g/mol. The molecule has 0 aromatic heterocycles. The highest BCUT2D eigenvalue weighted by Gasteiger charge is 2.14. The summed E-state index contributed by atoms with van der Waals surface area (Å²) in [5, 5.41) is 8.93. The third-order valence-corrected chi connectivity index (χ3v) is 4.32. The second-order valence-electron chi connectivity index (χ2n) is 4.46. The van der Waals surface area contributed by atoms with Gasteiger partial charge in [0.1, 0.15) is 5.82 Å². The zero-order valence-corrected chi connectivity index (χ0v) is 12.5. The van der Waals surface area contributed by atoms with Gasteiger partial charge in [-0.1, -0.05) is 35.9 Å². The van der Waals surface area contributed by atoms with Crippen molar-refractivity contribution in [2.45, 2.75) is 12.4 Å². The number of nitrogens with one attached hydrogen (secondary N) is 1. The molecule has 4 nitrogen and oxygen atoms in total. The summed E-state index contributed by atoms with van der Waals surface area (Å²) in [5.41, 5.74) is 1.40. The van der Waals surface area contributed by atoms with Crippen LogP contribution in [0.15, 0.2) is 42.5 Å². The Balaban J connectivity index is 2.14. The second-order valence-corrected chi connectivity index (χ2v) is 6.59. The van der Waals surface area contributed by atoms with Gasteiger partial charge in [-0.15, -0.1) is 0 Å². The quantitative estimate of drug-likeness (QED) is 0.886. The Morgan fingerprint density at radius 3 is 2.29 bits per heavy atom. The Kier molecular flexibility index (Phi) is 4.82. The monoisotopic (exact) mass is 329 g/mol. The first-order valence-electron chi connectivity index (χ1n) is 6.04. The van der Waals surface area contributed by atoms with Crippen molar-refractivity contribution in [2.75, 3.05) is 4.72 Å². The molecule has 0 spiro atoms. The molecule has 21 heavy (non-hydrogen) atoms. The van der Waals surface area contributed by atoms with Gasteiger partial charge < -0.3 is 5.11 Å². The Labute approximate surface area is 127 Å². The number of aliphatic hydroxyl groups is 1. The topological polar surface area (TPSA) is 66.4 Å². The fourth-order valence-electron chi connectivity index (χ4n) is 1.74. The standard InChI is InChI=1S/C14H13ClFNO3S/c15-13-7-12(16)5-6-14(13)17-21(19,20)9-11-3-1-10(8-18)2-4-11/h1-7,17-18H,8-9H2. The molecule has 0 bridgehead atoms. The molecule has 112 valence electrons. The van der Waals surface area contributed by atoms with Gasteiger partial charge >= 0.3 is 0 Å². The number of halogens is 2. The smallest absolute Gasteiger partial charge is 0.236 e. The van der Waals surface area contributed by atoms with E-state index >= 15 is 0 Å². The van der Waals surface area contributed by atoms with E-state index in [0.29, 0.717) is 11.1 Å².